The number of imidazole rings is 1. The van der Waals surface area contributed by atoms with Crippen LogP contribution < -0.4 is 4.90 Å². The van der Waals surface area contributed by atoms with Crippen molar-refractivity contribution in [1.82, 2.24) is 14.9 Å². The summed E-state index contributed by atoms with van der Waals surface area (Å²) in [4.78, 5) is 13.1. The van der Waals surface area contributed by atoms with Gasteiger partial charge in [-0.15, -0.1) is 0 Å². The highest BCUT2D eigenvalue weighted by Gasteiger charge is 2.19. The second-order valence-electron chi connectivity index (χ2n) is 6.34. The molecule has 6 heteroatoms. The molecule has 132 valence electrons. The molecule has 1 N–H and O–H groups in total. The number of rotatable bonds is 6. The van der Waals surface area contributed by atoms with E-state index in [4.69, 9.17) is 16.6 Å². The predicted octanol–water partition coefficient (Wildman–Crippen LogP) is 4.64. The molecule has 0 bridgehead atoms. The molecule has 0 unspecified atom stereocenters. The summed E-state index contributed by atoms with van der Waals surface area (Å²) in [6.07, 6.45) is 2.32. The minimum atomic E-state index is 0.614. The molecule has 2 aromatic rings. The number of fused-ring (bicyclic) bond motifs is 1. The number of benzene rings is 1. The molecule has 1 aromatic carbocycles. The Morgan fingerprint density at radius 1 is 1.17 bits per heavy atom. The molecular formula is C18H27ClN4S. The van der Waals surface area contributed by atoms with E-state index in [1.165, 1.54) is 0 Å². The van der Waals surface area contributed by atoms with E-state index in [0.29, 0.717) is 5.25 Å². The zero-order valence-electron chi connectivity index (χ0n) is 14.8. The number of hydrogen-bond donors (Lipinski definition) is 1. The lowest BCUT2D eigenvalue weighted by Gasteiger charge is -2.35. The van der Waals surface area contributed by atoms with Crippen LogP contribution in [0.15, 0.2) is 17.3 Å². The van der Waals surface area contributed by atoms with E-state index in [0.717, 1.165) is 72.5 Å². The van der Waals surface area contributed by atoms with Crippen molar-refractivity contribution in [3.63, 3.8) is 0 Å². The van der Waals surface area contributed by atoms with Gasteiger partial charge >= 0.3 is 0 Å². The lowest BCUT2D eigenvalue weighted by Crippen LogP contribution is -2.46. The number of piperazine rings is 1. The van der Waals surface area contributed by atoms with Gasteiger partial charge in [-0.2, -0.15) is 0 Å². The van der Waals surface area contributed by atoms with Crippen LogP contribution in [0.4, 0.5) is 5.69 Å². The number of aromatic nitrogens is 2. The highest BCUT2D eigenvalue weighted by molar-refractivity contribution is 7.99. The quantitative estimate of drug-likeness (QED) is 0.755. The van der Waals surface area contributed by atoms with Crippen molar-refractivity contribution in [1.29, 1.82) is 0 Å². The number of likely N-dealkylation sites (N-methyl/N-ethyl adjacent to an activating group) is 1. The maximum absolute atomic E-state index is 6.56. The highest BCUT2D eigenvalue weighted by Crippen LogP contribution is 2.33. The molecule has 0 atom stereocenters. The number of nitrogens with zero attached hydrogens (tertiary/aromatic N) is 3. The molecule has 3 rings (SSSR count). The molecule has 0 saturated carbocycles. The molecular weight excluding hydrogens is 340 g/mol. The SMILES string of the molecule is CCC(CC)Sc1nc2cc(Cl)c(N3CCN(CC)CC3)cc2[nH]1. The first-order valence-corrected chi connectivity index (χ1v) is 10.2. The van der Waals surface area contributed by atoms with Crippen LogP contribution in [-0.4, -0.2) is 52.8 Å². The van der Waals surface area contributed by atoms with E-state index < -0.39 is 0 Å². The Hall–Kier alpha value is -0.910. The summed E-state index contributed by atoms with van der Waals surface area (Å²) in [5, 5.41) is 2.42. The number of H-pyrrole nitrogens is 1. The van der Waals surface area contributed by atoms with Gasteiger partial charge in [-0.3, -0.25) is 0 Å². The van der Waals surface area contributed by atoms with E-state index in [9.17, 15) is 0 Å². The fraction of sp³-hybridized carbons (Fsp3) is 0.611. The van der Waals surface area contributed by atoms with Crippen molar-refractivity contribution >= 4 is 40.1 Å². The van der Waals surface area contributed by atoms with Crippen molar-refractivity contribution in [3.05, 3.63) is 17.2 Å². The molecule has 1 aliphatic rings. The van der Waals surface area contributed by atoms with Gasteiger partial charge in [0.15, 0.2) is 5.16 Å². The van der Waals surface area contributed by atoms with Crippen LogP contribution >= 0.6 is 23.4 Å². The number of aromatic amines is 1. The number of hydrogen-bond acceptors (Lipinski definition) is 4. The fourth-order valence-corrected chi connectivity index (χ4v) is 4.46. The summed E-state index contributed by atoms with van der Waals surface area (Å²) in [5.74, 6) is 0. The van der Waals surface area contributed by atoms with Crippen LogP contribution in [0.1, 0.15) is 33.6 Å². The van der Waals surface area contributed by atoms with Gasteiger partial charge in [0.25, 0.3) is 0 Å². The highest BCUT2D eigenvalue weighted by atomic mass is 35.5. The first kappa shape index (κ1) is 17.9. The van der Waals surface area contributed by atoms with Gasteiger partial charge in [0.05, 0.1) is 21.7 Å². The lowest BCUT2D eigenvalue weighted by molar-refractivity contribution is 0.271. The average molecular weight is 367 g/mol. The molecule has 1 fully saturated rings. The van der Waals surface area contributed by atoms with Crippen LogP contribution in [0.3, 0.4) is 0 Å². The topological polar surface area (TPSA) is 35.2 Å². The van der Waals surface area contributed by atoms with Crippen LogP contribution in [-0.2, 0) is 0 Å². The maximum Gasteiger partial charge on any atom is 0.166 e. The Morgan fingerprint density at radius 3 is 2.50 bits per heavy atom. The van der Waals surface area contributed by atoms with E-state index in [1.54, 1.807) is 0 Å². The van der Waals surface area contributed by atoms with Gasteiger partial charge in [0.2, 0.25) is 0 Å². The molecule has 0 spiro atoms. The summed E-state index contributed by atoms with van der Waals surface area (Å²) in [6, 6.07) is 4.18. The van der Waals surface area contributed by atoms with Gasteiger partial charge in [0, 0.05) is 31.4 Å². The van der Waals surface area contributed by atoms with Crippen LogP contribution in [0, 0.1) is 0 Å². The second kappa shape index (κ2) is 7.98. The Kier molecular flexibility index (Phi) is 5.95. The molecule has 0 amide bonds. The normalized spacial score (nSPS) is 16.5. The molecule has 2 heterocycles. The third-order valence-electron chi connectivity index (χ3n) is 4.88. The monoisotopic (exact) mass is 366 g/mol. The van der Waals surface area contributed by atoms with Crippen molar-refractivity contribution < 1.29 is 0 Å². The third-order valence-corrected chi connectivity index (χ3v) is 6.60. The second-order valence-corrected chi connectivity index (χ2v) is 8.04. The van der Waals surface area contributed by atoms with Gasteiger partial charge in [0.1, 0.15) is 0 Å². The number of anilines is 1. The summed E-state index contributed by atoms with van der Waals surface area (Å²) in [5.41, 5.74) is 3.17. The maximum atomic E-state index is 6.56. The predicted molar refractivity (Wildman–Crippen MR) is 106 cm³/mol. The Morgan fingerprint density at radius 2 is 1.88 bits per heavy atom. The van der Waals surface area contributed by atoms with E-state index in [-0.39, 0.29) is 0 Å². The standard InChI is InChI=1S/C18H27ClN4S/c1-4-13(5-2)24-18-20-15-11-14(19)17(12-16(15)21-18)23-9-7-22(6-3)8-10-23/h11-13H,4-10H2,1-3H3,(H,20,21). The van der Waals surface area contributed by atoms with Crippen molar-refractivity contribution in [2.75, 3.05) is 37.6 Å². The van der Waals surface area contributed by atoms with Gasteiger partial charge in [-0.1, -0.05) is 44.1 Å². The molecule has 0 aliphatic carbocycles. The molecule has 1 aliphatic heterocycles. The number of nitrogens with one attached hydrogen (secondary N) is 1. The summed E-state index contributed by atoms with van der Waals surface area (Å²) in [7, 11) is 0. The summed E-state index contributed by atoms with van der Waals surface area (Å²) >= 11 is 8.40. The number of thioether (sulfide) groups is 1. The minimum absolute atomic E-state index is 0.614. The average Bonchev–Trinajstić information content (AvgIpc) is 3.00. The lowest BCUT2D eigenvalue weighted by atomic mass is 10.2. The molecule has 1 saturated heterocycles. The molecule has 24 heavy (non-hydrogen) atoms. The largest absolute Gasteiger partial charge is 0.368 e. The zero-order chi connectivity index (χ0) is 17.1. The Bertz CT molecular complexity index is 675. The van der Waals surface area contributed by atoms with Crippen molar-refractivity contribution in [2.24, 2.45) is 0 Å². The van der Waals surface area contributed by atoms with Crippen LogP contribution in [0.5, 0.6) is 0 Å². The third kappa shape index (κ3) is 3.84. The number of halogens is 1. The molecule has 0 radical (unpaired) electrons. The Balaban J connectivity index is 1.81. The smallest absolute Gasteiger partial charge is 0.166 e. The van der Waals surface area contributed by atoms with Crippen LogP contribution in [0.2, 0.25) is 5.02 Å². The summed E-state index contributed by atoms with van der Waals surface area (Å²) < 4.78 is 0. The van der Waals surface area contributed by atoms with Crippen molar-refractivity contribution in [3.8, 4) is 0 Å². The van der Waals surface area contributed by atoms with Gasteiger partial charge in [-0.25, -0.2) is 4.98 Å². The van der Waals surface area contributed by atoms with E-state index in [1.807, 2.05) is 17.8 Å². The van der Waals surface area contributed by atoms with Crippen molar-refractivity contribution in [2.45, 2.75) is 44.0 Å². The first-order valence-electron chi connectivity index (χ1n) is 8.97. The summed E-state index contributed by atoms with van der Waals surface area (Å²) in [6.45, 7) is 12.1. The first-order chi connectivity index (χ1) is 11.6. The zero-order valence-corrected chi connectivity index (χ0v) is 16.4. The van der Waals surface area contributed by atoms with Gasteiger partial charge in [-0.05, 0) is 31.5 Å². The minimum Gasteiger partial charge on any atom is -0.368 e. The van der Waals surface area contributed by atoms with E-state index >= 15 is 0 Å². The van der Waals surface area contributed by atoms with Crippen LogP contribution in [0.25, 0.3) is 11.0 Å². The fourth-order valence-electron chi connectivity index (χ4n) is 3.21. The van der Waals surface area contributed by atoms with E-state index in [2.05, 4.69) is 41.6 Å². The molecule has 4 nitrogen and oxygen atoms in total. The molecule has 1 aromatic heterocycles. The Labute approximate surface area is 153 Å². The van der Waals surface area contributed by atoms with Gasteiger partial charge < -0.3 is 14.8 Å².